The fourth-order valence-electron chi connectivity index (χ4n) is 1.90. The van der Waals surface area contributed by atoms with Crippen LogP contribution < -0.4 is 0 Å². The van der Waals surface area contributed by atoms with Crippen molar-refractivity contribution in [3.63, 3.8) is 0 Å². The molecule has 0 aromatic heterocycles. The first-order valence-electron chi connectivity index (χ1n) is 6.74. The van der Waals surface area contributed by atoms with Gasteiger partial charge in [-0.25, -0.2) is 0 Å². The summed E-state index contributed by atoms with van der Waals surface area (Å²) in [5.74, 6) is -0.463. The van der Waals surface area contributed by atoms with E-state index in [-0.39, 0.29) is 24.0 Å². The lowest BCUT2D eigenvalue weighted by Crippen LogP contribution is -2.33. The number of ether oxygens (including phenoxy) is 2. The minimum atomic E-state index is -0.311. The van der Waals surface area contributed by atoms with Crippen molar-refractivity contribution in [3.05, 3.63) is 0 Å². The van der Waals surface area contributed by atoms with Crippen molar-refractivity contribution in [3.8, 4) is 0 Å². The van der Waals surface area contributed by atoms with E-state index >= 15 is 0 Å². The number of esters is 2. The number of nitrogens with zero attached hydrogens (tertiary/aromatic N) is 1. The van der Waals surface area contributed by atoms with Crippen LogP contribution >= 0.6 is 0 Å². The topological polar surface area (TPSA) is 55.6 Å². The van der Waals surface area contributed by atoms with E-state index in [1.165, 1.54) is 0 Å². The van der Waals surface area contributed by atoms with Gasteiger partial charge in [0, 0.05) is 6.54 Å². The van der Waals surface area contributed by atoms with Crippen molar-refractivity contribution >= 4 is 11.9 Å². The molecule has 1 heterocycles. The zero-order chi connectivity index (χ0) is 13.5. The van der Waals surface area contributed by atoms with E-state index in [2.05, 4.69) is 0 Å². The van der Waals surface area contributed by atoms with Gasteiger partial charge in [0.15, 0.2) is 0 Å². The molecule has 0 N–H and O–H groups in total. The highest BCUT2D eigenvalue weighted by Gasteiger charge is 2.48. The standard InChI is InChI=1S/C13H23NO4/c1-4-7-8-18-13(16)11-9-14(11)10(5-2)12(15)17-6-3/h10-11H,4-9H2,1-3H3/t10-,11+,14?/m1/s1. The SMILES string of the molecule is CCCCOC(=O)[C@@H]1CN1[C@H](CC)C(=O)OCC. The van der Waals surface area contributed by atoms with Gasteiger partial charge in [0.05, 0.1) is 13.2 Å². The summed E-state index contributed by atoms with van der Waals surface area (Å²) in [5.41, 5.74) is 0. The van der Waals surface area contributed by atoms with Crippen LogP contribution in [-0.4, -0.2) is 48.7 Å². The zero-order valence-corrected chi connectivity index (χ0v) is 11.5. The molecule has 5 heteroatoms. The number of hydrogen-bond donors (Lipinski definition) is 0. The third-order valence-corrected chi connectivity index (χ3v) is 3.01. The number of hydrogen-bond acceptors (Lipinski definition) is 5. The highest BCUT2D eigenvalue weighted by Crippen LogP contribution is 2.25. The predicted molar refractivity (Wildman–Crippen MR) is 67.1 cm³/mol. The van der Waals surface area contributed by atoms with Crippen molar-refractivity contribution in [2.24, 2.45) is 0 Å². The molecule has 0 aliphatic carbocycles. The van der Waals surface area contributed by atoms with Crippen molar-refractivity contribution in [2.45, 2.75) is 52.1 Å². The number of rotatable bonds is 8. The van der Waals surface area contributed by atoms with Crippen molar-refractivity contribution in [2.75, 3.05) is 19.8 Å². The highest BCUT2D eigenvalue weighted by atomic mass is 16.5. The molecular weight excluding hydrogens is 234 g/mol. The molecule has 1 unspecified atom stereocenters. The van der Waals surface area contributed by atoms with Crippen molar-refractivity contribution < 1.29 is 19.1 Å². The Kier molecular flexibility index (Phi) is 6.12. The molecule has 3 atom stereocenters. The van der Waals surface area contributed by atoms with Crippen LogP contribution in [0, 0.1) is 0 Å². The first kappa shape index (κ1) is 15.0. The normalized spacial score (nSPS) is 23.3. The molecule has 0 radical (unpaired) electrons. The van der Waals surface area contributed by atoms with Crippen LogP contribution in [0.5, 0.6) is 0 Å². The maximum atomic E-state index is 11.7. The molecule has 18 heavy (non-hydrogen) atoms. The first-order valence-corrected chi connectivity index (χ1v) is 6.74. The molecule has 1 aliphatic rings. The van der Waals surface area contributed by atoms with Gasteiger partial charge in [0.25, 0.3) is 0 Å². The van der Waals surface area contributed by atoms with Crippen LogP contribution in [0.1, 0.15) is 40.0 Å². The van der Waals surface area contributed by atoms with E-state index in [4.69, 9.17) is 9.47 Å². The summed E-state index contributed by atoms with van der Waals surface area (Å²) in [6, 6.07) is -0.565. The Morgan fingerprint density at radius 3 is 2.56 bits per heavy atom. The van der Waals surface area contributed by atoms with Crippen molar-refractivity contribution in [1.29, 1.82) is 0 Å². The molecule has 0 amide bonds. The molecule has 0 aromatic carbocycles. The maximum Gasteiger partial charge on any atom is 0.324 e. The molecule has 104 valence electrons. The molecular formula is C13H23NO4. The Hall–Kier alpha value is -1.10. The third kappa shape index (κ3) is 3.98. The molecule has 0 aromatic rings. The summed E-state index contributed by atoms with van der Waals surface area (Å²) in [5, 5.41) is 0. The van der Waals surface area contributed by atoms with Crippen LogP contribution in [0.4, 0.5) is 0 Å². The second kappa shape index (κ2) is 7.36. The maximum absolute atomic E-state index is 11.7. The Morgan fingerprint density at radius 2 is 2.00 bits per heavy atom. The lowest BCUT2D eigenvalue weighted by atomic mass is 10.2. The van der Waals surface area contributed by atoms with Gasteiger partial charge in [-0.3, -0.25) is 14.5 Å². The van der Waals surface area contributed by atoms with Gasteiger partial charge in [-0.05, 0) is 19.8 Å². The lowest BCUT2D eigenvalue weighted by Gasteiger charge is -2.15. The smallest absolute Gasteiger partial charge is 0.324 e. The number of carbonyl (C=O) groups is 2. The average molecular weight is 257 g/mol. The summed E-state index contributed by atoms with van der Waals surface area (Å²) in [4.78, 5) is 25.2. The summed E-state index contributed by atoms with van der Waals surface area (Å²) >= 11 is 0. The van der Waals surface area contributed by atoms with Gasteiger partial charge in [0.2, 0.25) is 0 Å². The van der Waals surface area contributed by atoms with Gasteiger partial charge < -0.3 is 9.47 Å². The average Bonchev–Trinajstić information content (AvgIpc) is 3.11. The predicted octanol–water partition coefficient (Wildman–Crippen LogP) is 1.36. The van der Waals surface area contributed by atoms with E-state index in [9.17, 15) is 9.59 Å². The van der Waals surface area contributed by atoms with Gasteiger partial charge in [-0.2, -0.15) is 0 Å². The van der Waals surface area contributed by atoms with E-state index < -0.39 is 0 Å². The van der Waals surface area contributed by atoms with Crippen LogP contribution in [-0.2, 0) is 19.1 Å². The molecule has 0 bridgehead atoms. The number of unbranched alkanes of at least 4 members (excludes halogenated alkanes) is 1. The molecule has 1 aliphatic heterocycles. The van der Waals surface area contributed by atoms with Crippen LogP contribution in [0.3, 0.4) is 0 Å². The Bertz CT molecular complexity index is 293. The van der Waals surface area contributed by atoms with E-state index in [0.29, 0.717) is 26.2 Å². The molecule has 0 spiro atoms. The summed E-state index contributed by atoms with van der Waals surface area (Å²) in [6.45, 7) is 7.18. The fraction of sp³-hybridized carbons (Fsp3) is 0.846. The van der Waals surface area contributed by atoms with E-state index in [1.807, 2.05) is 18.7 Å². The van der Waals surface area contributed by atoms with Gasteiger partial charge in [0.1, 0.15) is 12.1 Å². The second-order valence-electron chi connectivity index (χ2n) is 4.41. The summed E-state index contributed by atoms with van der Waals surface area (Å²) < 4.78 is 10.1. The van der Waals surface area contributed by atoms with Gasteiger partial charge in [-0.15, -0.1) is 0 Å². The lowest BCUT2D eigenvalue weighted by molar-refractivity contribution is -0.149. The molecule has 5 nitrogen and oxygen atoms in total. The summed E-state index contributed by atoms with van der Waals surface area (Å²) in [7, 11) is 0. The molecule has 0 saturated carbocycles. The molecule has 1 fully saturated rings. The van der Waals surface area contributed by atoms with Crippen LogP contribution in [0.2, 0.25) is 0 Å². The Labute approximate surface area is 108 Å². The highest BCUT2D eigenvalue weighted by molar-refractivity contribution is 5.83. The monoisotopic (exact) mass is 257 g/mol. The number of carbonyl (C=O) groups excluding carboxylic acids is 2. The molecule has 1 rings (SSSR count). The van der Waals surface area contributed by atoms with E-state index in [1.54, 1.807) is 6.92 Å². The fourth-order valence-corrected chi connectivity index (χ4v) is 1.90. The second-order valence-corrected chi connectivity index (χ2v) is 4.41. The quantitative estimate of drug-likeness (QED) is 0.373. The Morgan fingerprint density at radius 1 is 1.28 bits per heavy atom. The summed E-state index contributed by atoms with van der Waals surface area (Å²) in [6.07, 6.45) is 2.53. The van der Waals surface area contributed by atoms with Crippen LogP contribution in [0.25, 0.3) is 0 Å². The zero-order valence-electron chi connectivity index (χ0n) is 11.5. The van der Waals surface area contributed by atoms with Crippen molar-refractivity contribution in [1.82, 2.24) is 4.90 Å². The third-order valence-electron chi connectivity index (χ3n) is 3.01. The van der Waals surface area contributed by atoms with Gasteiger partial charge >= 0.3 is 11.9 Å². The first-order chi connectivity index (χ1) is 8.65. The van der Waals surface area contributed by atoms with Crippen LogP contribution in [0.15, 0.2) is 0 Å². The minimum absolute atomic E-state index is 0.216. The van der Waals surface area contributed by atoms with E-state index in [0.717, 1.165) is 12.8 Å². The molecule has 1 saturated heterocycles. The minimum Gasteiger partial charge on any atom is -0.465 e. The van der Waals surface area contributed by atoms with Gasteiger partial charge in [-0.1, -0.05) is 20.3 Å². The Balaban J connectivity index is 2.36. The largest absolute Gasteiger partial charge is 0.465 e.